The number of ether oxygens (including phenoxy) is 2. The molecule has 0 saturated heterocycles. The Morgan fingerprint density at radius 3 is 2.39 bits per heavy atom. The summed E-state index contributed by atoms with van der Waals surface area (Å²) in [7, 11) is 1.63. The molecule has 0 radical (unpaired) electrons. The van der Waals surface area contributed by atoms with Crippen LogP contribution in [0.25, 0.3) is 0 Å². The van der Waals surface area contributed by atoms with Crippen LogP contribution in [0.5, 0.6) is 11.5 Å². The van der Waals surface area contributed by atoms with Gasteiger partial charge in [-0.1, -0.05) is 54.6 Å². The van der Waals surface area contributed by atoms with Crippen molar-refractivity contribution in [2.75, 3.05) is 7.11 Å². The lowest BCUT2D eigenvalue weighted by atomic mass is 9.95. The minimum Gasteiger partial charge on any atom is -0.497 e. The van der Waals surface area contributed by atoms with E-state index in [4.69, 9.17) is 9.47 Å². The Morgan fingerprint density at radius 1 is 0.929 bits per heavy atom. The summed E-state index contributed by atoms with van der Waals surface area (Å²) >= 11 is 0. The van der Waals surface area contributed by atoms with Gasteiger partial charge in [0.15, 0.2) is 0 Å². The number of aliphatic hydroxyl groups excluding tert-OH is 1. The third kappa shape index (κ3) is 3.70. The normalized spacial score (nSPS) is 18.3. The number of benzene rings is 3. The van der Waals surface area contributed by atoms with Gasteiger partial charge in [-0.3, -0.25) is 5.43 Å². The summed E-state index contributed by atoms with van der Waals surface area (Å²) < 4.78 is 11.2. The van der Waals surface area contributed by atoms with Crippen molar-refractivity contribution in [1.29, 1.82) is 0 Å². The first-order valence-electron chi connectivity index (χ1n) is 9.17. The molecule has 0 spiro atoms. The fourth-order valence-corrected chi connectivity index (χ4v) is 3.26. The number of hydrazone groups is 1. The first-order chi connectivity index (χ1) is 13.8. The maximum absolute atomic E-state index is 10.9. The van der Waals surface area contributed by atoms with Crippen LogP contribution in [0.15, 0.2) is 84.0 Å². The Kier molecular flexibility index (Phi) is 5.26. The van der Waals surface area contributed by atoms with E-state index >= 15 is 0 Å². The Balaban J connectivity index is 1.52. The van der Waals surface area contributed by atoms with E-state index in [9.17, 15) is 5.11 Å². The number of nitrogens with one attached hydrogen (secondary N) is 1. The van der Waals surface area contributed by atoms with Crippen molar-refractivity contribution < 1.29 is 14.6 Å². The largest absolute Gasteiger partial charge is 0.497 e. The number of hydrogen-bond acceptors (Lipinski definition) is 5. The molecule has 1 aliphatic rings. The molecular formula is C23H22N2O3. The molecule has 3 aromatic rings. The summed E-state index contributed by atoms with van der Waals surface area (Å²) in [5.41, 5.74) is 6.43. The molecule has 0 fully saturated rings. The van der Waals surface area contributed by atoms with E-state index in [0.29, 0.717) is 18.1 Å². The van der Waals surface area contributed by atoms with Gasteiger partial charge in [-0.2, -0.15) is 5.10 Å². The van der Waals surface area contributed by atoms with E-state index in [1.165, 1.54) is 0 Å². The molecule has 3 aromatic carbocycles. The molecule has 1 heterocycles. The van der Waals surface area contributed by atoms with Crippen LogP contribution in [-0.4, -0.2) is 24.0 Å². The molecule has 2 N–H and O–H groups in total. The van der Waals surface area contributed by atoms with Crippen molar-refractivity contribution in [1.82, 2.24) is 5.43 Å². The number of para-hydroxylation sites is 1. The second kappa shape index (κ2) is 8.15. The van der Waals surface area contributed by atoms with Crippen LogP contribution in [0.4, 0.5) is 0 Å². The van der Waals surface area contributed by atoms with Gasteiger partial charge in [0.1, 0.15) is 36.0 Å². The number of methoxy groups -OCH3 is 1. The van der Waals surface area contributed by atoms with Crippen LogP contribution in [0.3, 0.4) is 0 Å². The molecule has 0 bridgehead atoms. The number of aliphatic hydroxyl groups is 1. The van der Waals surface area contributed by atoms with Gasteiger partial charge in [0.25, 0.3) is 0 Å². The van der Waals surface area contributed by atoms with Crippen molar-refractivity contribution >= 4 is 5.71 Å². The maximum atomic E-state index is 10.9. The number of hydrogen-bond donors (Lipinski definition) is 2. The number of nitrogens with zero attached hydrogens (tertiary/aromatic N) is 1. The van der Waals surface area contributed by atoms with Gasteiger partial charge < -0.3 is 14.6 Å². The minimum atomic E-state index is -0.783. The zero-order valence-electron chi connectivity index (χ0n) is 15.6. The van der Waals surface area contributed by atoms with Gasteiger partial charge >= 0.3 is 0 Å². The van der Waals surface area contributed by atoms with Crippen LogP contribution in [0.1, 0.15) is 22.7 Å². The van der Waals surface area contributed by atoms with Crippen molar-refractivity contribution in [2.24, 2.45) is 5.10 Å². The third-order valence-corrected chi connectivity index (χ3v) is 4.80. The Labute approximate surface area is 164 Å². The molecule has 0 saturated carbocycles. The zero-order chi connectivity index (χ0) is 19.3. The minimum absolute atomic E-state index is 0.317. The molecule has 5 heteroatoms. The van der Waals surface area contributed by atoms with Gasteiger partial charge in [-0.15, -0.1) is 0 Å². The molecule has 28 heavy (non-hydrogen) atoms. The highest BCUT2D eigenvalue weighted by molar-refractivity contribution is 6.07. The molecule has 5 nitrogen and oxygen atoms in total. The van der Waals surface area contributed by atoms with E-state index in [1.54, 1.807) is 7.11 Å². The number of rotatable bonds is 6. The second-order valence-electron chi connectivity index (χ2n) is 6.59. The molecule has 0 amide bonds. The van der Waals surface area contributed by atoms with Crippen molar-refractivity contribution in [3.05, 3.63) is 95.6 Å². The van der Waals surface area contributed by atoms with Crippen LogP contribution < -0.4 is 14.9 Å². The Hall–Kier alpha value is -3.31. The highest BCUT2D eigenvalue weighted by Gasteiger charge is 2.33. The lowest BCUT2D eigenvalue weighted by molar-refractivity contribution is 0.206. The Morgan fingerprint density at radius 2 is 1.64 bits per heavy atom. The van der Waals surface area contributed by atoms with E-state index in [0.717, 1.165) is 22.4 Å². The summed E-state index contributed by atoms with van der Waals surface area (Å²) in [4.78, 5) is 0. The smallest absolute Gasteiger partial charge is 0.129 e. The molecular weight excluding hydrogens is 352 g/mol. The second-order valence-corrected chi connectivity index (χ2v) is 6.59. The first kappa shape index (κ1) is 18.1. The summed E-state index contributed by atoms with van der Waals surface area (Å²) in [6, 6.07) is 24.9. The fourth-order valence-electron chi connectivity index (χ4n) is 3.26. The molecule has 142 valence electrons. The molecule has 0 unspecified atom stereocenters. The lowest BCUT2D eigenvalue weighted by Crippen LogP contribution is -2.27. The maximum Gasteiger partial charge on any atom is 0.129 e. The topological polar surface area (TPSA) is 63.1 Å². The van der Waals surface area contributed by atoms with Crippen molar-refractivity contribution in [3.63, 3.8) is 0 Å². The Bertz CT molecular complexity index is 955. The quantitative estimate of drug-likeness (QED) is 0.691. The molecule has 4 rings (SSSR count). The molecule has 1 aliphatic heterocycles. The van der Waals surface area contributed by atoms with Gasteiger partial charge in [0, 0.05) is 5.56 Å². The SMILES string of the molecule is COc1ccc([C@@H]2NN=C(c3ccccc3OCc3ccccc3)[C@H]2O)cc1. The summed E-state index contributed by atoms with van der Waals surface area (Å²) in [5, 5.41) is 15.3. The fraction of sp³-hybridized carbons (Fsp3) is 0.174. The summed E-state index contributed by atoms with van der Waals surface area (Å²) in [6.07, 6.45) is -0.783. The molecule has 0 aliphatic carbocycles. The zero-order valence-corrected chi connectivity index (χ0v) is 15.6. The summed E-state index contributed by atoms with van der Waals surface area (Å²) in [6.45, 7) is 0.455. The van der Waals surface area contributed by atoms with E-state index in [2.05, 4.69) is 10.5 Å². The van der Waals surface area contributed by atoms with Crippen molar-refractivity contribution in [2.45, 2.75) is 18.8 Å². The van der Waals surface area contributed by atoms with E-state index in [1.807, 2.05) is 78.9 Å². The predicted octanol–water partition coefficient (Wildman–Crippen LogP) is 3.68. The lowest BCUT2D eigenvalue weighted by Gasteiger charge is -2.18. The highest BCUT2D eigenvalue weighted by atomic mass is 16.5. The average molecular weight is 374 g/mol. The van der Waals surface area contributed by atoms with Gasteiger partial charge in [0.2, 0.25) is 0 Å². The van der Waals surface area contributed by atoms with Gasteiger partial charge in [-0.05, 0) is 35.4 Å². The highest BCUT2D eigenvalue weighted by Crippen LogP contribution is 2.30. The van der Waals surface area contributed by atoms with Crippen molar-refractivity contribution in [3.8, 4) is 11.5 Å². The standard InChI is InChI=1S/C23H22N2O3/c1-27-18-13-11-17(12-14-18)21-23(26)22(25-24-21)19-9-5-6-10-20(19)28-15-16-7-3-2-4-8-16/h2-14,21,23-24,26H,15H2,1H3/t21-,23-/m0/s1. The predicted molar refractivity (Wildman–Crippen MR) is 109 cm³/mol. The van der Waals surface area contributed by atoms with Gasteiger partial charge in [-0.25, -0.2) is 0 Å². The monoisotopic (exact) mass is 374 g/mol. The third-order valence-electron chi connectivity index (χ3n) is 4.80. The summed E-state index contributed by atoms with van der Waals surface area (Å²) in [5.74, 6) is 1.47. The van der Waals surface area contributed by atoms with Crippen LogP contribution in [0.2, 0.25) is 0 Å². The van der Waals surface area contributed by atoms with E-state index in [-0.39, 0.29) is 6.04 Å². The van der Waals surface area contributed by atoms with E-state index < -0.39 is 6.10 Å². The average Bonchev–Trinajstić information content (AvgIpc) is 3.14. The van der Waals surface area contributed by atoms with Crippen LogP contribution >= 0.6 is 0 Å². The molecule has 2 atom stereocenters. The first-order valence-corrected chi connectivity index (χ1v) is 9.17. The van der Waals surface area contributed by atoms with Gasteiger partial charge in [0.05, 0.1) is 7.11 Å². The van der Waals surface area contributed by atoms with Crippen LogP contribution in [-0.2, 0) is 6.61 Å². The van der Waals surface area contributed by atoms with Crippen LogP contribution in [0, 0.1) is 0 Å². The molecule has 0 aromatic heterocycles.